The van der Waals surface area contributed by atoms with E-state index in [2.05, 4.69) is 25.6 Å². The van der Waals surface area contributed by atoms with Gasteiger partial charge in [-0.1, -0.05) is 6.07 Å². The highest BCUT2D eigenvalue weighted by Gasteiger charge is 2.16. The highest BCUT2D eigenvalue weighted by molar-refractivity contribution is 9.10. The third-order valence-corrected chi connectivity index (χ3v) is 4.79. The van der Waals surface area contributed by atoms with Crippen molar-refractivity contribution in [3.8, 4) is 0 Å². The summed E-state index contributed by atoms with van der Waals surface area (Å²) in [5, 5.41) is 0. The van der Waals surface area contributed by atoms with E-state index >= 15 is 0 Å². The minimum absolute atomic E-state index is 0.0622. The van der Waals surface area contributed by atoms with E-state index in [-0.39, 0.29) is 15.9 Å². The van der Waals surface area contributed by atoms with Gasteiger partial charge >= 0.3 is 0 Å². The quantitative estimate of drug-likeness (QED) is 0.913. The number of rotatable bonds is 4. The van der Waals surface area contributed by atoms with E-state index in [1.807, 2.05) is 13.0 Å². The van der Waals surface area contributed by atoms with Crippen molar-refractivity contribution in [2.45, 2.75) is 18.4 Å². The first kappa shape index (κ1) is 15.1. The highest BCUT2D eigenvalue weighted by Crippen LogP contribution is 2.19. The number of hydrogen-bond donors (Lipinski definition) is 1. The summed E-state index contributed by atoms with van der Waals surface area (Å²) in [6.45, 7) is 1.91. The zero-order chi connectivity index (χ0) is 14.8. The molecule has 7 heteroatoms. The number of sulfonamides is 1. The minimum atomic E-state index is -3.77. The molecule has 0 amide bonds. The summed E-state index contributed by atoms with van der Waals surface area (Å²) in [6.07, 6.45) is 1.59. The van der Waals surface area contributed by atoms with Crippen LogP contribution in [0.1, 0.15) is 11.3 Å². The van der Waals surface area contributed by atoms with Gasteiger partial charge < -0.3 is 0 Å². The Labute approximate surface area is 125 Å². The first-order valence-electron chi connectivity index (χ1n) is 5.75. The molecule has 2 aromatic rings. The van der Waals surface area contributed by atoms with Gasteiger partial charge in [0, 0.05) is 6.20 Å². The van der Waals surface area contributed by atoms with E-state index in [4.69, 9.17) is 0 Å². The molecule has 0 saturated carbocycles. The van der Waals surface area contributed by atoms with Crippen LogP contribution in [-0.4, -0.2) is 13.4 Å². The standard InChI is InChI=1S/C13H12BrFN2O2S/c1-9-3-2-6-16-13(9)8-17-20(18,19)10-4-5-11(14)12(15)7-10/h2-7,17H,8H2,1H3. The van der Waals surface area contributed by atoms with Gasteiger partial charge in [0.15, 0.2) is 0 Å². The smallest absolute Gasteiger partial charge is 0.241 e. The van der Waals surface area contributed by atoms with Crippen LogP contribution in [0.5, 0.6) is 0 Å². The van der Waals surface area contributed by atoms with Gasteiger partial charge in [-0.15, -0.1) is 0 Å². The lowest BCUT2D eigenvalue weighted by molar-refractivity contribution is 0.575. The maximum Gasteiger partial charge on any atom is 0.241 e. The Morgan fingerprint density at radius 1 is 1.35 bits per heavy atom. The predicted octanol–water partition coefficient (Wildman–Crippen LogP) is 2.77. The average molecular weight is 359 g/mol. The summed E-state index contributed by atoms with van der Waals surface area (Å²) >= 11 is 2.98. The number of halogens is 2. The Morgan fingerprint density at radius 2 is 2.10 bits per heavy atom. The molecule has 0 fully saturated rings. The number of hydrogen-bond acceptors (Lipinski definition) is 3. The molecule has 0 aliphatic rings. The molecule has 106 valence electrons. The maximum absolute atomic E-state index is 13.4. The van der Waals surface area contributed by atoms with Gasteiger partial charge in [-0.05, 0) is 52.7 Å². The van der Waals surface area contributed by atoms with Gasteiger partial charge in [-0.25, -0.2) is 17.5 Å². The molecule has 0 aliphatic carbocycles. The van der Waals surface area contributed by atoms with Gasteiger partial charge in [0.1, 0.15) is 5.82 Å². The fraction of sp³-hybridized carbons (Fsp3) is 0.154. The van der Waals surface area contributed by atoms with Crippen molar-refractivity contribution in [1.82, 2.24) is 9.71 Å². The molecule has 2 rings (SSSR count). The lowest BCUT2D eigenvalue weighted by atomic mass is 10.2. The van der Waals surface area contributed by atoms with Crippen molar-refractivity contribution in [3.05, 3.63) is 58.1 Å². The van der Waals surface area contributed by atoms with E-state index in [0.29, 0.717) is 5.69 Å². The molecule has 4 nitrogen and oxygen atoms in total. The second-order valence-electron chi connectivity index (χ2n) is 4.17. The Hall–Kier alpha value is -1.31. The minimum Gasteiger partial charge on any atom is -0.260 e. The number of nitrogens with one attached hydrogen (secondary N) is 1. The van der Waals surface area contributed by atoms with Crippen LogP contribution >= 0.6 is 15.9 Å². The topological polar surface area (TPSA) is 59.1 Å². The number of aromatic nitrogens is 1. The summed E-state index contributed by atoms with van der Waals surface area (Å²) in [7, 11) is -3.77. The molecule has 0 atom stereocenters. The molecule has 1 aromatic heterocycles. The second kappa shape index (κ2) is 5.99. The van der Waals surface area contributed by atoms with Crippen molar-refractivity contribution in [2.24, 2.45) is 0 Å². The number of benzene rings is 1. The normalized spacial score (nSPS) is 11.6. The zero-order valence-corrected chi connectivity index (χ0v) is 13.0. The van der Waals surface area contributed by atoms with Gasteiger partial charge in [-0.3, -0.25) is 4.98 Å². The Balaban J connectivity index is 2.19. The molecule has 1 aromatic carbocycles. The van der Waals surface area contributed by atoms with Crippen molar-refractivity contribution < 1.29 is 12.8 Å². The van der Waals surface area contributed by atoms with Crippen LogP contribution in [0, 0.1) is 12.7 Å². The van der Waals surface area contributed by atoms with E-state index in [0.717, 1.165) is 11.6 Å². The van der Waals surface area contributed by atoms with Crippen molar-refractivity contribution in [1.29, 1.82) is 0 Å². The fourth-order valence-corrected chi connectivity index (χ4v) is 2.84. The molecule has 0 spiro atoms. The van der Waals surface area contributed by atoms with Gasteiger partial charge in [-0.2, -0.15) is 0 Å². The van der Waals surface area contributed by atoms with Crippen LogP contribution in [0.25, 0.3) is 0 Å². The Kier molecular flexibility index (Phi) is 4.52. The van der Waals surface area contributed by atoms with E-state index < -0.39 is 15.8 Å². The van der Waals surface area contributed by atoms with Gasteiger partial charge in [0.05, 0.1) is 21.6 Å². The summed E-state index contributed by atoms with van der Waals surface area (Å²) < 4.78 is 40.1. The largest absolute Gasteiger partial charge is 0.260 e. The van der Waals surface area contributed by atoms with Crippen LogP contribution in [0.2, 0.25) is 0 Å². The van der Waals surface area contributed by atoms with Crippen molar-refractivity contribution in [2.75, 3.05) is 0 Å². The maximum atomic E-state index is 13.4. The van der Waals surface area contributed by atoms with Gasteiger partial charge in [0.2, 0.25) is 10.0 Å². The summed E-state index contributed by atoms with van der Waals surface area (Å²) in [6, 6.07) is 7.28. The fourth-order valence-electron chi connectivity index (χ4n) is 1.59. The zero-order valence-electron chi connectivity index (χ0n) is 10.6. The summed E-state index contributed by atoms with van der Waals surface area (Å²) in [4.78, 5) is 3.98. The summed E-state index contributed by atoms with van der Waals surface area (Å²) in [5.41, 5.74) is 1.52. The third-order valence-electron chi connectivity index (χ3n) is 2.75. The average Bonchev–Trinajstić information content (AvgIpc) is 2.41. The molecule has 20 heavy (non-hydrogen) atoms. The van der Waals surface area contributed by atoms with Crippen LogP contribution in [0.3, 0.4) is 0 Å². The Bertz CT molecular complexity index is 735. The molecular formula is C13H12BrFN2O2S. The molecule has 0 bridgehead atoms. The SMILES string of the molecule is Cc1cccnc1CNS(=O)(=O)c1ccc(Br)c(F)c1. The molecule has 0 radical (unpaired) electrons. The molecule has 0 saturated heterocycles. The molecular weight excluding hydrogens is 347 g/mol. The lowest BCUT2D eigenvalue weighted by Crippen LogP contribution is -2.24. The number of nitrogens with zero attached hydrogens (tertiary/aromatic N) is 1. The third kappa shape index (κ3) is 3.41. The molecule has 1 heterocycles. The van der Waals surface area contributed by atoms with Gasteiger partial charge in [0.25, 0.3) is 0 Å². The molecule has 0 unspecified atom stereocenters. The Morgan fingerprint density at radius 3 is 2.75 bits per heavy atom. The predicted molar refractivity (Wildman–Crippen MR) is 77.1 cm³/mol. The van der Waals surface area contributed by atoms with E-state index in [1.54, 1.807) is 12.3 Å². The van der Waals surface area contributed by atoms with Crippen LogP contribution in [0.15, 0.2) is 45.9 Å². The summed E-state index contributed by atoms with van der Waals surface area (Å²) in [5.74, 6) is -0.623. The monoisotopic (exact) mass is 358 g/mol. The number of aryl methyl sites for hydroxylation is 1. The molecule has 0 aliphatic heterocycles. The van der Waals surface area contributed by atoms with Crippen LogP contribution < -0.4 is 4.72 Å². The molecule has 1 N–H and O–H groups in total. The first-order chi connectivity index (χ1) is 9.40. The van der Waals surface area contributed by atoms with Crippen molar-refractivity contribution in [3.63, 3.8) is 0 Å². The first-order valence-corrected chi connectivity index (χ1v) is 8.03. The van der Waals surface area contributed by atoms with Crippen molar-refractivity contribution >= 4 is 26.0 Å². The lowest BCUT2D eigenvalue weighted by Gasteiger charge is -2.08. The highest BCUT2D eigenvalue weighted by atomic mass is 79.9. The van der Waals surface area contributed by atoms with E-state index in [1.165, 1.54) is 12.1 Å². The number of pyridine rings is 1. The second-order valence-corrected chi connectivity index (χ2v) is 6.79. The van der Waals surface area contributed by atoms with E-state index in [9.17, 15) is 12.8 Å². The van der Waals surface area contributed by atoms with Crippen LogP contribution in [0.4, 0.5) is 4.39 Å². The van der Waals surface area contributed by atoms with Crippen LogP contribution in [-0.2, 0) is 16.6 Å².